The maximum absolute atomic E-state index is 10.6. The second kappa shape index (κ2) is 6.40. The average Bonchev–Trinajstić information content (AvgIpc) is 3.14. The number of fused-ring (bicyclic) bond motifs is 2. The summed E-state index contributed by atoms with van der Waals surface area (Å²) in [4.78, 5) is 22.8. The van der Waals surface area contributed by atoms with E-state index in [9.17, 15) is 10.00 Å². The summed E-state index contributed by atoms with van der Waals surface area (Å²) < 4.78 is 18.3. The van der Waals surface area contributed by atoms with Gasteiger partial charge < -0.3 is 0 Å². The molecule has 1 unspecified atom stereocenters. The van der Waals surface area contributed by atoms with Crippen LogP contribution in [0.15, 0.2) is 12.7 Å². The molecule has 2 aliphatic heterocycles. The van der Waals surface area contributed by atoms with Gasteiger partial charge in [0.1, 0.15) is 0 Å². The molecule has 4 rings (SSSR count). The van der Waals surface area contributed by atoms with Crippen LogP contribution in [0.1, 0.15) is 6.23 Å². The van der Waals surface area contributed by atoms with Gasteiger partial charge in [0.05, 0.1) is 0 Å². The van der Waals surface area contributed by atoms with Crippen molar-refractivity contribution in [3.05, 3.63) is 12.7 Å². The zero-order valence-corrected chi connectivity index (χ0v) is 14.6. The Morgan fingerprint density at radius 2 is 2.28 bits per heavy atom. The van der Waals surface area contributed by atoms with E-state index in [0.29, 0.717) is 30.1 Å². The van der Waals surface area contributed by atoms with Crippen LogP contribution in [-0.2, 0) is 13.8 Å². The van der Waals surface area contributed by atoms with Gasteiger partial charge in [-0.15, -0.1) is 0 Å². The fraction of sp³-hybridized carbons (Fsp3) is 0.583. The molecule has 0 spiro atoms. The van der Waals surface area contributed by atoms with Crippen molar-refractivity contribution in [2.45, 2.75) is 24.5 Å². The molecule has 0 aliphatic carbocycles. The van der Waals surface area contributed by atoms with Gasteiger partial charge in [0, 0.05) is 0 Å². The molecule has 2 aromatic rings. The summed E-state index contributed by atoms with van der Waals surface area (Å²) in [6.45, 7) is 1.18. The molecule has 2 saturated heterocycles. The number of nitrogens with two attached hydrogens (primary N) is 1. The van der Waals surface area contributed by atoms with E-state index in [2.05, 4.69) is 20.3 Å². The second-order valence-corrected chi connectivity index (χ2v) is 8.43. The van der Waals surface area contributed by atoms with Gasteiger partial charge in [0.15, 0.2) is 0 Å². The number of rotatable bonds is 4. The first-order valence-corrected chi connectivity index (χ1v) is 10.3. The van der Waals surface area contributed by atoms with Crippen molar-refractivity contribution in [3.63, 3.8) is 0 Å². The van der Waals surface area contributed by atoms with Gasteiger partial charge in [-0.05, 0) is 0 Å². The van der Waals surface area contributed by atoms with Crippen molar-refractivity contribution in [1.82, 2.24) is 19.5 Å². The molecule has 4 atom stereocenters. The summed E-state index contributed by atoms with van der Waals surface area (Å²) in [6.07, 6.45) is 0.0838. The molecule has 13 heteroatoms. The molecule has 0 aromatic carbocycles. The number of nitrogens with one attached hydrogen (secondary N) is 1. The van der Waals surface area contributed by atoms with E-state index >= 15 is 0 Å². The Balaban J connectivity index is 1.64. The van der Waals surface area contributed by atoms with Gasteiger partial charge in [0.2, 0.25) is 0 Å². The van der Waals surface area contributed by atoms with Gasteiger partial charge in [-0.3, -0.25) is 0 Å². The van der Waals surface area contributed by atoms with E-state index in [-0.39, 0.29) is 6.61 Å². The number of aromatic nitrogens is 4. The Labute approximate surface area is 144 Å². The van der Waals surface area contributed by atoms with Crippen LogP contribution in [0.25, 0.3) is 11.2 Å². The molecule has 0 radical (unpaired) electrons. The average molecular weight is 370 g/mol. The molecular weight excluding hydrogens is 350 g/mol. The van der Waals surface area contributed by atoms with Crippen LogP contribution in [0, 0.1) is 0 Å². The normalized spacial score (nSPS) is 32.4. The van der Waals surface area contributed by atoms with Crippen LogP contribution >= 0.6 is 7.82 Å². The van der Waals surface area contributed by atoms with Crippen LogP contribution in [0.2, 0.25) is 0 Å². The SMILES string of the molecule is B[PH]1(O)OC[C@H]2O[C@@H](n3cnc4c(NCCN)ncnc43)C(O)[C@H]2O1. The van der Waals surface area contributed by atoms with Gasteiger partial charge in [-0.2, -0.15) is 0 Å². The van der Waals surface area contributed by atoms with E-state index in [1.165, 1.54) is 20.2 Å². The molecule has 11 nitrogen and oxygen atoms in total. The first-order valence-electron chi connectivity index (χ1n) is 7.99. The van der Waals surface area contributed by atoms with Crippen LogP contribution < -0.4 is 11.1 Å². The Hall–Kier alpha value is -1.40. The minimum absolute atomic E-state index is 0.169. The van der Waals surface area contributed by atoms with Crippen molar-refractivity contribution < 1.29 is 23.8 Å². The predicted octanol–water partition coefficient (Wildman–Crippen LogP) is -2.09. The molecule has 2 aliphatic rings. The van der Waals surface area contributed by atoms with Crippen molar-refractivity contribution in [3.8, 4) is 0 Å². The van der Waals surface area contributed by atoms with Crippen LogP contribution in [0.4, 0.5) is 5.82 Å². The molecule has 0 amide bonds. The number of aliphatic hydroxyl groups is 1. The third kappa shape index (κ3) is 3.00. The molecule has 2 fully saturated rings. The summed E-state index contributed by atoms with van der Waals surface area (Å²) in [5, 5.41) is 13.7. The monoisotopic (exact) mass is 370 g/mol. The summed E-state index contributed by atoms with van der Waals surface area (Å²) in [5.74, 6) is 0.564. The number of hydrogen-bond donors (Lipinski definition) is 4. The fourth-order valence-corrected chi connectivity index (χ4v) is 4.45. The van der Waals surface area contributed by atoms with Crippen LogP contribution in [0.5, 0.6) is 0 Å². The fourth-order valence-electron chi connectivity index (χ4n) is 3.11. The van der Waals surface area contributed by atoms with Crippen LogP contribution in [-0.4, -0.2) is 75.1 Å². The minimum atomic E-state index is -3.22. The molecule has 0 bridgehead atoms. The van der Waals surface area contributed by atoms with Crippen LogP contribution in [0.3, 0.4) is 0 Å². The third-order valence-electron chi connectivity index (χ3n) is 4.25. The van der Waals surface area contributed by atoms with Gasteiger partial charge in [-0.25, -0.2) is 0 Å². The van der Waals surface area contributed by atoms with Crippen molar-refractivity contribution in [1.29, 1.82) is 0 Å². The Morgan fingerprint density at radius 3 is 3.08 bits per heavy atom. The molecule has 136 valence electrons. The van der Waals surface area contributed by atoms with Crippen molar-refractivity contribution >= 4 is 32.4 Å². The Kier molecular flexibility index (Phi) is 4.36. The van der Waals surface area contributed by atoms with E-state index in [0.717, 1.165) is 0 Å². The molecule has 0 saturated carbocycles. The Morgan fingerprint density at radius 1 is 1.44 bits per heavy atom. The number of nitrogens with zero attached hydrogens (tertiary/aromatic N) is 4. The van der Waals surface area contributed by atoms with Gasteiger partial charge in [0.25, 0.3) is 0 Å². The van der Waals surface area contributed by atoms with Crippen molar-refractivity contribution in [2.24, 2.45) is 5.73 Å². The topological polar surface area (TPSA) is 150 Å². The molecule has 2 aromatic heterocycles. The van der Waals surface area contributed by atoms with E-state index < -0.39 is 32.4 Å². The first kappa shape index (κ1) is 17.0. The maximum atomic E-state index is 10.6. The first-order chi connectivity index (χ1) is 12.0. The summed E-state index contributed by atoms with van der Waals surface area (Å²) in [6, 6.07) is 0. The number of hydrogen-bond acceptors (Lipinski definition) is 10. The second-order valence-electron chi connectivity index (χ2n) is 6.11. The quantitative estimate of drug-likeness (QED) is 0.348. The standard InChI is InChI=1S/C12H20BN6O5P/c13-25(21)22-3-6-9(24-25)8(20)12(23-6)19-5-18-7-10(15-2-1-14)16-4-17-11(7)19/h4-6,8-9,12,20-21,25H,1-3,13-14H2,(H,15,16,17)/t6-,8?,9+,12-/m1/s1. The molecule has 5 N–H and O–H groups in total. The summed E-state index contributed by atoms with van der Waals surface area (Å²) >= 11 is 0. The van der Waals surface area contributed by atoms with Gasteiger partial charge in [-0.1, -0.05) is 0 Å². The zero-order chi connectivity index (χ0) is 17.6. The number of ether oxygens (including phenoxy) is 1. The van der Waals surface area contributed by atoms with E-state index in [1.807, 2.05) is 0 Å². The summed E-state index contributed by atoms with van der Waals surface area (Å²) in [5.41, 5.74) is 6.58. The molecule has 4 heterocycles. The predicted molar refractivity (Wildman–Crippen MR) is 92.7 cm³/mol. The molecular formula is C12H20BN6O5P. The third-order valence-corrected chi connectivity index (χ3v) is 5.66. The summed E-state index contributed by atoms with van der Waals surface area (Å²) in [7, 11) is -1.71. The number of anilines is 1. The number of imidazole rings is 1. The zero-order valence-electron chi connectivity index (χ0n) is 13.6. The number of aliphatic hydroxyl groups excluding tert-OH is 1. The van der Waals surface area contributed by atoms with Gasteiger partial charge >= 0.3 is 144 Å². The van der Waals surface area contributed by atoms with Crippen molar-refractivity contribution in [2.75, 3.05) is 25.0 Å². The van der Waals surface area contributed by atoms with E-state index in [1.54, 1.807) is 4.57 Å². The molecule has 25 heavy (non-hydrogen) atoms. The van der Waals surface area contributed by atoms with E-state index in [4.69, 9.17) is 19.5 Å². The Bertz CT molecular complexity index is 778.